The van der Waals surface area contributed by atoms with Gasteiger partial charge in [0.2, 0.25) is 0 Å². The number of aryl methyl sites for hydroxylation is 4. The van der Waals surface area contributed by atoms with Gasteiger partial charge in [-0.25, -0.2) is 0 Å². The summed E-state index contributed by atoms with van der Waals surface area (Å²) in [5.74, 6) is 0. The molecule has 0 unspecified atom stereocenters. The van der Waals surface area contributed by atoms with Crippen LogP contribution in [0.1, 0.15) is 66.8 Å². The number of benzene rings is 14. The van der Waals surface area contributed by atoms with E-state index in [1.165, 1.54) is 111 Å². The van der Waals surface area contributed by atoms with Crippen LogP contribution in [0.2, 0.25) is 0 Å². The van der Waals surface area contributed by atoms with Crippen molar-refractivity contribution in [3.63, 3.8) is 0 Å². The van der Waals surface area contributed by atoms with Gasteiger partial charge in [0, 0.05) is 22.5 Å². The van der Waals surface area contributed by atoms with Crippen LogP contribution in [-0.2, 0) is 10.8 Å². The second-order valence-corrected chi connectivity index (χ2v) is 24.9. The summed E-state index contributed by atoms with van der Waals surface area (Å²) in [6, 6.07) is 126. The third-order valence-corrected chi connectivity index (χ3v) is 19.6. The highest BCUT2D eigenvalue weighted by Gasteiger charge is 2.48. The molecule has 0 saturated carbocycles. The first-order valence-corrected chi connectivity index (χ1v) is 32.2. The lowest BCUT2D eigenvalue weighted by Gasteiger charge is -2.36. The normalized spacial score (nSPS) is 13.0. The second kappa shape index (κ2) is 22.9. The lowest BCUT2D eigenvalue weighted by Crippen LogP contribution is -2.28. The quantitative estimate of drug-likeness (QED) is 0.114. The SMILES string of the molecule is Cc1cc(-c2cc(C)c(N(c3ccc4c(c3)C(c3ccccc3)(c3ccccc3)c3ccccc3-4)c3ccccc3-c3ccccc3)c(C)c2)cc(C)c1N(c1ccc2c(c1)C(c1ccccc1)(c1ccccc1)c1ccccc1-2)c1ccccc1-c1ccccc1. The number of para-hydroxylation sites is 2. The number of rotatable bonds is 13. The van der Waals surface area contributed by atoms with E-state index in [4.69, 9.17) is 0 Å². The molecule has 16 rings (SSSR count). The van der Waals surface area contributed by atoms with Crippen LogP contribution >= 0.6 is 0 Å². The summed E-state index contributed by atoms with van der Waals surface area (Å²) in [6.07, 6.45) is 0. The third kappa shape index (κ3) is 8.92. The van der Waals surface area contributed by atoms with Crippen molar-refractivity contribution in [2.45, 2.75) is 38.5 Å². The topological polar surface area (TPSA) is 6.48 Å². The standard InChI is InChI=1S/C90H68N2/c1-61-55-67(56-62(2)87(61)91(85-49-29-25-43-75(85)65-31-11-5-12-32-65)73-51-53-79-77-45-23-27-47-81(77)89(83(79)59-73,69-35-15-7-16-36-69)70-37-17-8-18-38-70)68-57-63(3)88(64(4)58-68)92(86-50-30-26-44-76(86)66-33-13-6-14-34-66)74-52-54-80-78-46-24-28-48-82(78)90(84(80)60-74,71-39-19-9-20-40-71)72-41-21-10-22-42-72/h5-60H,1-4H3. The molecular formula is C90H68N2. The Morgan fingerprint density at radius 1 is 0.207 bits per heavy atom. The molecule has 14 aromatic rings. The minimum absolute atomic E-state index is 0.564. The molecule has 0 fully saturated rings. The fourth-order valence-electron chi connectivity index (χ4n) is 15.9. The van der Waals surface area contributed by atoms with Crippen molar-refractivity contribution in [2.75, 3.05) is 9.80 Å². The lowest BCUT2D eigenvalue weighted by molar-refractivity contribution is 0.768. The highest BCUT2D eigenvalue weighted by molar-refractivity contribution is 5.97. The van der Waals surface area contributed by atoms with Crippen LogP contribution in [0.25, 0.3) is 55.6 Å². The van der Waals surface area contributed by atoms with Gasteiger partial charge in [0.1, 0.15) is 0 Å². The highest BCUT2D eigenvalue weighted by Crippen LogP contribution is 2.60. The molecule has 0 amide bonds. The van der Waals surface area contributed by atoms with E-state index in [2.05, 4.69) is 377 Å². The van der Waals surface area contributed by atoms with Gasteiger partial charge in [-0.15, -0.1) is 0 Å². The van der Waals surface area contributed by atoms with Gasteiger partial charge in [0.25, 0.3) is 0 Å². The van der Waals surface area contributed by atoms with Crippen molar-refractivity contribution in [1.82, 2.24) is 0 Å². The van der Waals surface area contributed by atoms with E-state index in [-0.39, 0.29) is 0 Å². The van der Waals surface area contributed by atoms with Gasteiger partial charge in [-0.05, 0) is 200 Å². The second-order valence-electron chi connectivity index (χ2n) is 24.9. The molecule has 438 valence electrons. The fourth-order valence-corrected chi connectivity index (χ4v) is 15.9. The Hall–Kier alpha value is -11.3. The summed E-state index contributed by atoms with van der Waals surface area (Å²) in [7, 11) is 0. The van der Waals surface area contributed by atoms with E-state index in [1.807, 2.05) is 0 Å². The van der Waals surface area contributed by atoms with E-state index in [0.29, 0.717) is 0 Å². The van der Waals surface area contributed by atoms with Crippen molar-refractivity contribution in [3.8, 4) is 55.6 Å². The van der Waals surface area contributed by atoms with Gasteiger partial charge in [-0.3, -0.25) is 0 Å². The van der Waals surface area contributed by atoms with E-state index in [9.17, 15) is 0 Å². The van der Waals surface area contributed by atoms with E-state index < -0.39 is 10.8 Å². The maximum atomic E-state index is 2.54. The zero-order valence-corrected chi connectivity index (χ0v) is 52.2. The lowest BCUT2D eigenvalue weighted by atomic mass is 9.67. The van der Waals surface area contributed by atoms with Crippen LogP contribution in [0, 0.1) is 27.7 Å². The molecule has 92 heavy (non-hydrogen) atoms. The number of anilines is 6. The van der Waals surface area contributed by atoms with Crippen molar-refractivity contribution in [3.05, 3.63) is 406 Å². The minimum Gasteiger partial charge on any atom is -0.309 e. The smallest absolute Gasteiger partial charge is 0.0714 e. The van der Waals surface area contributed by atoms with E-state index >= 15 is 0 Å². The van der Waals surface area contributed by atoms with Gasteiger partial charge in [-0.1, -0.05) is 279 Å². The molecule has 0 aromatic heterocycles. The molecule has 0 saturated heterocycles. The average Bonchev–Trinajstić information content (AvgIpc) is 1.52. The van der Waals surface area contributed by atoms with Crippen LogP contribution in [0.4, 0.5) is 34.1 Å². The van der Waals surface area contributed by atoms with Gasteiger partial charge < -0.3 is 9.80 Å². The minimum atomic E-state index is -0.564. The van der Waals surface area contributed by atoms with Crippen molar-refractivity contribution in [2.24, 2.45) is 0 Å². The Bertz CT molecular complexity index is 4630. The van der Waals surface area contributed by atoms with Gasteiger partial charge >= 0.3 is 0 Å². The summed E-state index contributed by atoms with van der Waals surface area (Å²) in [6.45, 7) is 9.22. The summed E-state index contributed by atoms with van der Waals surface area (Å²) in [5.41, 5.74) is 32.5. The van der Waals surface area contributed by atoms with Crippen molar-refractivity contribution >= 4 is 34.1 Å². The summed E-state index contributed by atoms with van der Waals surface area (Å²) >= 11 is 0. The number of hydrogen-bond acceptors (Lipinski definition) is 2. The van der Waals surface area contributed by atoms with Crippen LogP contribution in [0.3, 0.4) is 0 Å². The molecule has 0 radical (unpaired) electrons. The molecule has 2 nitrogen and oxygen atoms in total. The van der Waals surface area contributed by atoms with Gasteiger partial charge in [-0.2, -0.15) is 0 Å². The molecule has 2 aliphatic rings. The Balaban J connectivity index is 0.872. The zero-order valence-electron chi connectivity index (χ0n) is 52.2. The predicted molar refractivity (Wildman–Crippen MR) is 386 cm³/mol. The molecule has 2 heteroatoms. The fraction of sp³-hybridized carbons (Fsp3) is 0.0667. The molecule has 14 aromatic carbocycles. The Kier molecular flexibility index (Phi) is 13.9. The number of hydrogen-bond donors (Lipinski definition) is 0. The van der Waals surface area contributed by atoms with Crippen LogP contribution in [0.15, 0.2) is 340 Å². The first-order chi connectivity index (χ1) is 45.3. The summed E-state index contributed by atoms with van der Waals surface area (Å²) in [5, 5.41) is 0. The first kappa shape index (κ1) is 56.0. The molecule has 0 heterocycles. The molecule has 0 spiro atoms. The maximum Gasteiger partial charge on any atom is 0.0714 e. The predicted octanol–water partition coefficient (Wildman–Crippen LogP) is 23.6. The molecule has 2 aliphatic carbocycles. The van der Waals surface area contributed by atoms with Crippen LogP contribution in [-0.4, -0.2) is 0 Å². The average molecular weight is 1180 g/mol. The van der Waals surface area contributed by atoms with Crippen LogP contribution < -0.4 is 9.80 Å². The van der Waals surface area contributed by atoms with E-state index in [0.717, 1.165) is 45.3 Å². The largest absolute Gasteiger partial charge is 0.309 e. The zero-order chi connectivity index (χ0) is 61.9. The Morgan fingerprint density at radius 2 is 0.467 bits per heavy atom. The highest BCUT2D eigenvalue weighted by atomic mass is 15.2. The van der Waals surface area contributed by atoms with Gasteiger partial charge in [0.05, 0.1) is 33.6 Å². The van der Waals surface area contributed by atoms with Gasteiger partial charge in [0.15, 0.2) is 0 Å². The monoisotopic (exact) mass is 1180 g/mol. The number of nitrogens with zero attached hydrogens (tertiary/aromatic N) is 2. The molecule has 0 aliphatic heterocycles. The first-order valence-electron chi connectivity index (χ1n) is 32.2. The number of fused-ring (bicyclic) bond motifs is 6. The Morgan fingerprint density at radius 3 is 0.793 bits per heavy atom. The van der Waals surface area contributed by atoms with E-state index in [1.54, 1.807) is 0 Å². The molecular weight excluding hydrogens is 1110 g/mol. The molecule has 0 atom stereocenters. The van der Waals surface area contributed by atoms with Crippen LogP contribution in [0.5, 0.6) is 0 Å². The molecule has 0 bridgehead atoms. The Labute approximate surface area is 541 Å². The maximum absolute atomic E-state index is 2.54. The van der Waals surface area contributed by atoms with Crippen molar-refractivity contribution < 1.29 is 0 Å². The molecule has 0 N–H and O–H groups in total. The summed E-state index contributed by atoms with van der Waals surface area (Å²) in [4.78, 5) is 5.09. The summed E-state index contributed by atoms with van der Waals surface area (Å²) < 4.78 is 0. The van der Waals surface area contributed by atoms with Crippen molar-refractivity contribution in [1.29, 1.82) is 0 Å². The third-order valence-electron chi connectivity index (χ3n) is 19.6.